The Hall–Kier alpha value is -3.92. The fourth-order valence-electron chi connectivity index (χ4n) is 3.08. The third kappa shape index (κ3) is 6.30. The van der Waals surface area contributed by atoms with Crippen LogP contribution in [-0.4, -0.2) is 47.8 Å². The van der Waals surface area contributed by atoms with Gasteiger partial charge in [0.05, 0.1) is 23.0 Å². The molecule has 172 valence electrons. The van der Waals surface area contributed by atoms with Crippen LogP contribution in [0.15, 0.2) is 48.5 Å². The van der Waals surface area contributed by atoms with Crippen LogP contribution in [0.2, 0.25) is 5.02 Å². The van der Waals surface area contributed by atoms with Gasteiger partial charge in [0, 0.05) is 12.0 Å². The number of carbonyl (C=O) groups is 5. The van der Waals surface area contributed by atoms with Gasteiger partial charge in [0.15, 0.2) is 6.61 Å². The van der Waals surface area contributed by atoms with Gasteiger partial charge in [0.25, 0.3) is 17.7 Å². The second kappa shape index (κ2) is 10.6. The molecule has 0 radical (unpaired) electrons. The normalized spacial score (nSPS) is 15.0. The third-order valence-electron chi connectivity index (χ3n) is 4.75. The first-order chi connectivity index (χ1) is 15.7. The molecule has 11 heteroatoms. The highest BCUT2D eigenvalue weighted by Gasteiger charge is 2.36. The summed E-state index contributed by atoms with van der Waals surface area (Å²) in [4.78, 5) is 60.6. The van der Waals surface area contributed by atoms with Crippen LogP contribution in [0.4, 0.5) is 0 Å². The molecule has 0 aliphatic carbocycles. The summed E-state index contributed by atoms with van der Waals surface area (Å²) >= 11 is 5.91. The molecular formula is C22H21ClN4O6. The lowest BCUT2D eigenvalue weighted by atomic mass is 10.1. The number of carbonyl (C=O) groups excluding carboxylic acids is 5. The molecule has 1 aliphatic heterocycles. The maximum atomic E-state index is 12.3. The van der Waals surface area contributed by atoms with Crippen LogP contribution >= 0.6 is 11.6 Å². The number of hydrogen-bond donors (Lipinski definition) is 3. The SMILES string of the molecule is Cc1cccc(C(=O)NN2C[C@H](C(=O)OCC(=O)NNC(=O)c3ccccc3Cl)CC2=O)c1. The molecule has 1 atom stereocenters. The highest BCUT2D eigenvalue weighted by Crippen LogP contribution is 2.18. The molecule has 3 rings (SSSR count). The van der Waals surface area contributed by atoms with Crippen molar-refractivity contribution in [2.45, 2.75) is 13.3 Å². The minimum absolute atomic E-state index is 0.0833. The number of esters is 1. The van der Waals surface area contributed by atoms with Crippen molar-refractivity contribution in [3.05, 3.63) is 70.2 Å². The van der Waals surface area contributed by atoms with E-state index in [0.717, 1.165) is 10.6 Å². The summed E-state index contributed by atoms with van der Waals surface area (Å²) in [6.07, 6.45) is -0.169. The first-order valence-electron chi connectivity index (χ1n) is 9.93. The summed E-state index contributed by atoms with van der Waals surface area (Å²) in [6, 6.07) is 13.1. The molecule has 4 amide bonds. The fraction of sp³-hybridized carbons (Fsp3) is 0.227. The Morgan fingerprint density at radius 2 is 1.82 bits per heavy atom. The number of nitrogens with zero attached hydrogens (tertiary/aromatic N) is 1. The van der Waals surface area contributed by atoms with E-state index < -0.39 is 42.1 Å². The van der Waals surface area contributed by atoms with Gasteiger partial charge in [-0.15, -0.1) is 0 Å². The standard InChI is InChI=1S/C22H21ClN4O6/c1-13-5-4-6-14(9-13)20(30)26-27-11-15(10-19(27)29)22(32)33-12-18(28)24-25-21(31)16-7-2-3-8-17(16)23/h2-9,15H,10-12H2,1H3,(H,24,28)(H,25,31)(H,26,30)/t15-/m1/s1. The van der Waals surface area contributed by atoms with E-state index in [9.17, 15) is 24.0 Å². The molecule has 2 aromatic rings. The van der Waals surface area contributed by atoms with E-state index in [1.807, 2.05) is 13.0 Å². The van der Waals surface area contributed by atoms with E-state index in [4.69, 9.17) is 16.3 Å². The van der Waals surface area contributed by atoms with Crippen LogP contribution < -0.4 is 16.3 Å². The summed E-state index contributed by atoms with van der Waals surface area (Å²) in [6.45, 7) is 1.09. The van der Waals surface area contributed by atoms with Gasteiger partial charge in [0.1, 0.15) is 0 Å². The molecule has 0 saturated carbocycles. The molecule has 1 fully saturated rings. The molecule has 0 spiro atoms. The Kier molecular flexibility index (Phi) is 7.62. The molecular weight excluding hydrogens is 452 g/mol. The molecule has 0 bridgehead atoms. The molecule has 1 heterocycles. The summed E-state index contributed by atoms with van der Waals surface area (Å²) < 4.78 is 4.93. The van der Waals surface area contributed by atoms with Gasteiger partial charge >= 0.3 is 5.97 Å². The van der Waals surface area contributed by atoms with Gasteiger partial charge in [-0.05, 0) is 31.2 Å². The Morgan fingerprint density at radius 1 is 1.06 bits per heavy atom. The lowest BCUT2D eigenvalue weighted by Crippen LogP contribution is -2.44. The average Bonchev–Trinajstić information content (AvgIpc) is 3.16. The number of amides is 4. The Labute approximate surface area is 194 Å². The number of nitrogens with one attached hydrogen (secondary N) is 3. The molecule has 0 unspecified atom stereocenters. The minimum Gasteiger partial charge on any atom is -0.455 e. The first-order valence-corrected chi connectivity index (χ1v) is 10.3. The van der Waals surface area contributed by atoms with Crippen molar-refractivity contribution in [3.63, 3.8) is 0 Å². The molecule has 2 aromatic carbocycles. The van der Waals surface area contributed by atoms with Crippen molar-refractivity contribution in [2.24, 2.45) is 5.92 Å². The van der Waals surface area contributed by atoms with Crippen molar-refractivity contribution >= 4 is 41.2 Å². The van der Waals surface area contributed by atoms with Crippen molar-refractivity contribution < 1.29 is 28.7 Å². The van der Waals surface area contributed by atoms with Crippen LogP contribution in [0, 0.1) is 12.8 Å². The Balaban J connectivity index is 1.43. The fourth-order valence-corrected chi connectivity index (χ4v) is 3.30. The van der Waals surface area contributed by atoms with Gasteiger partial charge in [-0.2, -0.15) is 0 Å². The van der Waals surface area contributed by atoms with Crippen molar-refractivity contribution in [2.75, 3.05) is 13.2 Å². The number of rotatable bonds is 6. The quantitative estimate of drug-likeness (QED) is 0.426. The highest BCUT2D eigenvalue weighted by atomic mass is 35.5. The number of aryl methyl sites for hydroxylation is 1. The zero-order valence-electron chi connectivity index (χ0n) is 17.6. The second-order valence-electron chi connectivity index (χ2n) is 7.31. The van der Waals surface area contributed by atoms with E-state index in [0.29, 0.717) is 5.56 Å². The predicted molar refractivity (Wildman–Crippen MR) is 116 cm³/mol. The maximum Gasteiger partial charge on any atom is 0.311 e. The van der Waals surface area contributed by atoms with Crippen LogP contribution in [0.1, 0.15) is 32.7 Å². The number of ether oxygens (including phenoxy) is 1. The van der Waals surface area contributed by atoms with Crippen LogP contribution in [0.25, 0.3) is 0 Å². The van der Waals surface area contributed by atoms with E-state index >= 15 is 0 Å². The van der Waals surface area contributed by atoms with Crippen molar-refractivity contribution in [3.8, 4) is 0 Å². The monoisotopic (exact) mass is 472 g/mol. The van der Waals surface area contributed by atoms with E-state index in [-0.39, 0.29) is 23.6 Å². The molecule has 3 N–H and O–H groups in total. The maximum absolute atomic E-state index is 12.3. The van der Waals surface area contributed by atoms with Gasteiger partial charge in [-0.25, -0.2) is 0 Å². The molecule has 1 aliphatic rings. The van der Waals surface area contributed by atoms with Crippen LogP contribution in [0.3, 0.4) is 0 Å². The molecule has 33 heavy (non-hydrogen) atoms. The summed E-state index contributed by atoms with van der Waals surface area (Å²) in [5.74, 6) is -3.97. The number of hydrazine groups is 2. The first kappa shape index (κ1) is 23.7. The minimum atomic E-state index is -0.846. The van der Waals surface area contributed by atoms with E-state index in [1.165, 1.54) is 12.1 Å². The molecule has 10 nitrogen and oxygen atoms in total. The summed E-state index contributed by atoms with van der Waals surface area (Å²) in [7, 11) is 0. The van der Waals surface area contributed by atoms with Gasteiger partial charge in [-0.3, -0.25) is 45.3 Å². The Bertz CT molecular complexity index is 1110. The smallest absolute Gasteiger partial charge is 0.311 e. The van der Waals surface area contributed by atoms with Gasteiger partial charge in [0.2, 0.25) is 5.91 Å². The summed E-state index contributed by atoms with van der Waals surface area (Å²) in [5, 5.41) is 1.26. The summed E-state index contributed by atoms with van der Waals surface area (Å²) in [5.41, 5.74) is 8.18. The topological polar surface area (TPSA) is 134 Å². The van der Waals surface area contributed by atoms with E-state index in [2.05, 4.69) is 16.3 Å². The van der Waals surface area contributed by atoms with Gasteiger partial charge < -0.3 is 4.74 Å². The zero-order chi connectivity index (χ0) is 24.0. The number of benzene rings is 2. The largest absolute Gasteiger partial charge is 0.455 e. The number of halogens is 1. The predicted octanol–water partition coefficient (Wildman–Crippen LogP) is 1.15. The lowest BCUT2D eigenvalue weighted by Gasteiger charge is -2.17. The highest BCUT2D eigenvalue weighted by molar-refractivity contribution is 6.33. The van der Waals surface area contributed by atoms with Crippen LogP contribution in [0.5, 0.6) is 0 Å². The van der Waals surface area contributed by atoms with E-state index in [1.54, 1.807) is 30.3 Å². The van der Waals surface area contributed by atoms with Gasteiger partial charge in [-0.1, -0.05) is 41.4 Å². The zero-order valence-corrected chi connectivity index (χ0v) is 18.3. The van der Waals surface area contributed by atoms with Crippen LogP contribution in [-0.2, 0) is 19.1 Å². The second-order valence-corrected chi connectivity index (χ2v) is 7.71. The average molecular weight is 473 g/mol. The number of hydrogen-bond acceptors (Lipinski definition) is 6. The third-order valence-corrected chi connectivity index (χ3v) is 5.08. The Morgan fingerprint density at radius 3 is 2.55 bits per heavy atom. The molecule has 1 saturated heterocycles. The molecule has 0 aromatic heterocycles. The van der Waals surface area contributed by atoms with Crippen molar-refractivity contribution in [1.82, 2.24) is 21.3 Å². The lowest BCUT2D eigenvalue weighted by molar-refractivity contribution is -0.152. The van der Waals surface area contributed by atoms with Crippen molar-refractivity contribution in [1.29, 1.82) is 0 Å².